The summed E-state index contributed by atoms with van der Waals surface area (Å²) in [5.41, 5.74) is -0.0948. The van der Waals surface area contributed by atoms with Crippen LogP contribution in [0.15, 0.2) is 36.5 Å². The van der Waals surface area contributed by atoms with Crippen molar-refractivity contribution in [1.82, 2.24) is 10.3 Å². The molecule has 2 aromatic rings. The van der Waals surface area contributed by atoms with Gasteiger partial charge in [-0.1, -0.05) is 23.7 Å². The van der Waals surface area contributed by atoms with Crippen molar-refractivity contribution in [2.45, 2.75) is 25.1 Å². The maximum absolute atomic E-state index is 13.0. The third kappa shape index (κ3) is 3.42. The van der Waals surface area contributed by atoms with E-state index in [0.29, 0.717) is 5.88 Å². The summed E-state index contributed by atoms with van der Waals surface area (Å²) in [4.78, 5) is 16.5. The van der Waals surface area contributed by atoms with Gasteiger partial charge in [-0.25, -0.2) is 4.98 Å². The van der Waals surface area contributed by atoms with Gasteiger partial charge in [0.05, 0.1) is 22.5 Å². The van der Waals surface area contributed by atoms with Gasteiger partial charge >= 0.3 is 6.18 Å². The second kappa shape index (κ2) is 6.55. The molecule has 1 aromatic carbocycles. The molecule has 3 rings (SSSR count). The molecule has 1 aliphatic heterocycles. The van der Waals surface area contributed by atoms with Gasteiger partial charge in [0.25, 0.3) is 0 Å². The number of aromatic nitrogens is 1. The number of rotatable bonds is 3. The lowest BCUT2D eigenvalue weighted by Crippen LogP contribution is -2.33. The third-order valence-electron chi connectivity index (χ3n) is 4.07. The Hall–Kier alpha value is -2.28. The van der Waals surface area contributed by atoms with E-state index in [9.17, 15) is 18.0 Å². The van der Waals surface area contributed by atoms with Crippen LogP contribution in [-0.4, -0.2) is 17.5 Å². The van der Waals surface area contributed by atoms with E-state index in [-0.39, 0.29) is 12.2 Å². The van der Waals surface area contributed by atoms with Crippen LogP contribution in [0, 0.1) is 0 Å². The molecule has 0 radical (unpaired) electrons. The number of nitrogens with one attached hydrogen (secondary N) is 1. The first-order valence-corrected chi connectivity index (χ1v) is 7.90. The molecule has 4 nitrogen and oxygen atoms in total. The van der Waals surface area contributed by atoms with E-state index in [2.05, 4.69) is 10.3 Å². The molecule has 0 saturated heterocycles. The molecule has 0 fully saturated rings. The predicted octanol–water partition coefficient (Wildman–Crippen LogP) is 4.11. The second-order valence-electron chi connectivity index (χ2n) is 5.70. The molecule has 2 heterocycles. The molecule has 25 heavy (non-hydrogen) atoms. The SMILES string of the molecule is C[C@@H](C(=O)N[C@@H]1COc2ncccc21)c1cccc(C(F)(F)F)c1Cl. The van der Waals surface area contributed by atoms with E-state index in [0.717, 1.165) is 11.6 Å². The van der Waals surface area contributed by atoms with Crippen LogP contribution in [0.4, 0.5) is 13.2 Å². The number of halogens is 4. The van der Waals surface area contributed by atoms with Gasteiger partial charge in [0.1, 0.15) is 6.61 Å². The van der Waals surface area contributed by atoms with Crippen molar-refractivity contribution >= 4 is 17.5 Å². The molecule has 132 valence electrons. The summed E-state index contributed by atoms with van der Waals surface area (Å²) >= 11 is 5.90. The molecule has 0 spiro atoms. The van der Waals surface area contributed by atoms with Crippen LogP contribution in [0.1, 0.15) is 35.6 Å². The van der Waals surface area contributed by atoms with Gasteiger partial charge in [0, 0.05) is 11.8 Å². The van der Waals surface area contributed by atoms with E-state index in [1.807, 2.05) is 0 Å². The van der Waals surface area contributed by atoms with Crippen molar-refractivity contribution in [3.63, 3.8) is 0 Å². The highest BCUT2D eigenvalue weighted by molar-refractivity contribution is 6.32. The van der Waals surface area contributed by atoms with Crippen molar-refractivity contribution in [3.05, 3.63) is 58.2 Å². The van der Waals surface area contributed by atoms with Crippen molar-refractivity contribution in [2.24, 2.45) is 0 Å². The zero-order valence-electron chi connectivity index (χ0n) is 13.1. The summed E-state index contributed by atoms with van der Waals surface area (Å²) < 4.78 is 44.3. The number of hydrogen-bond donors (Lipinski definition) is 1. The average Bonchev–Trinajstić information content (AvgIpc) is 2.96. The molecule has 1 aromatic heterocycles. The number of amides is 1. The van der Waals surface area contributed by atoms with E-state index in [1.54, 1.807) is 18.3 Å². The molecule has 1 N–H and O–H groups in total. The zero-order chi connectivity index (χ0) is 18.2. The standard InChI is InChI=1S/C17H14ClF3N2O2/c1-9(10-4-2-6-12(14(10)18)17(19,20)21)15(24)23-13-8-25-16-11(13)5-3-7-22-16/h2-7,9,13H,8H2,1H3,(H,23,24)/t9-,13-/m1/s1. The van der Waals surface area contributed by atoms with Crippen LogP contribution in [0.3, 0.4) is 0 Å². The molecule has 2 atom stereocenters. The Morgan fingerprint density at radius 1 is 1.36 bits per heavy atom. The molecule has 1 aliphatic rings. The normalized spacial score (nSPS) is 17.6. The summed E-state index contributed by atoms with van der Waals surface area (Å²) in [6, 6.07) is 6.66. The number of carbonyl (C=O) groups is 1. The highest BCUT2D eigenvalue weighted by atomic mass is 35.5. The molecular formula is C17H14ClF3N2O2. The first-order chi connectivity index (χ1) is 11.8. The topological polar surface area (TPSA) is 51.2 Å². The Balaban J connectivity index is 1.80. The zero-order valence-corrected chi connectivity index (χ0v) is 13.9. The van der Waals surface area contributed by atoms with E-state index in [4.69, 9.17) is 16.3 Å². The van der Waals surface area contributed by atoms with Gasteiger partial charge in [-0.2, -0.15) is 13.2 Å². The Morgan fingerprint density at radius 2 is 2.12 bits per heavy atom. The minimum absolute atomic E-state index is 0.124. The number of benzene rings is 1. The number of hydrogen-bond acceptors (Lipinski definition) is 3. The van der Waals surface area contributed by atoms with E-state index < -0.39 is 34.6 Å². The van der Waals surface area contributed by atoms with Crippen LogP contribution in [0.25, 0.3) is 0 Å². The smallest absolute Gasteiger partial charge is 0.417 e. The minimum atomic E-state index is -4.58. The summed E-state index contributed by atoms with van der Waals surface area (Å²) in [5, 5.41) is 2.32. The fourth-order valence-electron chi connectivity index (χ4n) is 2.70. The van der Waals surface area contributed by atoms with E-state index >= 15 is 0 Å². The summed E-state index contributed by atoms with van der Waals surface area (Å²) in [6.07, 6.45) is -3.00. The van der Waals surface area contributed by atoms with Gasteiger partial charge in [-0.15, -0.1) is 0 Å². The molecule has 0 saturated carbocycles. The predicted molar refractivity (Wildman–Crippen MR) is 85.5 cm³/mol. The Bertz CT molecular complexity index is 811. The molecule has 1 amide bonds. The first kappa shape index (κ1) is 17.5. The van der Waals surface area contributed by atoms with Crippen LogP contribution in [0.2, 0.25) is 5.02 Å². The Kier molecular flexibility index (Phi) is 4.60. The number of nitrogens with zero attached hydrogens (tertiary/aromatic N) is 1. The molecule has 8 heteroatoms. The largest absolute Gasteiger partial charge is 0.475 e. The fourth-order valence-corrected chi connectivity index (χ4v) is 3.10. The highest BCUT2D eigenvalue weighted by Crippen LogP contribution is 2.38. The summed E-state index contributed by atoms with van der Waals surface area (Å²) in [7, 11) is 0. The van der Waals surface area contributed by atoms with Crippen LogP contribution in [0.5, 0.6) is 5.88 Å². The summed E-state index contributed by atoms with van der Waals surface area (Å²) in [5.74, 6) is -0.848. The second-order valence-corrected chi connectivity index (χ2v) is 6.08. The highest BCUT2D eigenvalue weighted by Gasteiger charge is 2.35. The average molecular weight is 371 g/mol. The summed E-state index contributed by atoms with van der Waals surface area (Å²) in [6.45, 7) is 1.73. The van der Waals surface area contributed by atoms with Crippen molar-refractivity contribution in [1.29, 1.82) is 0 Å². The van der Waals surface area contributed by atoms with Crippen molar-refractivity contribution < 1.29 is 22.7 Å². The fraction of sp³-hybridized carbons (Fsp3) is 0.294. The minimum Gasteiger partial charge on any atom is -0.475 e. The number of fused-ring (bicyclic) bond motifs is 1. The number of alkyl halides is 3. The lowest BCUT2D eigenvalue weighted by Gasteiger charge is -2.19. The van der Waals surface area contributed by atoms with Crippen LogP contribution in [-0.2, 0) is 11.0 Å². The van der Waals surface area contributed by atoms with Gasteiger partial charge < -0.3 is 10.1 Å². The maximum Gasteiger partial charge on any atom is 0.417 e. The van der Waals surface area contributed by atoms with Crippen LogP contribution < -0.4 is 10.1 Å². The van der Waals surface area contributed by atoms with Gasteiger partial charge in [0.15, 0.2) is 0 Å². The maximum atomic E-state index is 13.0. The van der Waals surface area contributed by atoms with Crippen LogP contribution >= 0.6 is 11.6 Å². The molecule has 0 unspecified atom stereocenters. The first-order valence-electron chi connectivity index (χ1n) is 7.52. The Labute approximate surface area is 147 Å². The van der Waals surface area contributed by atoms with Gasteiger partial charge in [-0.3, -0.25) is 4.79 Å². The molecule has 0 aliphatic carbocycles. The quantitative estimate of drug-likeness (QED) is 0.884. The lowest BCUT2D eigenvalue weighted by atomic mass is 9.97. The van der Waals surface area contributed by atoms with Gasteiger partial charge in [-0.05, 0) is 30.7 Å². The molecular weight excluding hydrogens is 357 g/mol. The van der Waals surface area contributed by atoms with Gasteiger partial charge in [0.2, 0.25) is 11.8 Å². The van der Waals surface area contributed by atoms with E-state index in [1.165, 1.54) is 19.1 Å². The number of ether oxygens (including phenoxy) is 1. The van der Waals surface area contributed by atoms with Crippen molar-refractivity contribution in [3.8, 4) is 5.88 Å². The Morgan fingerprint density at radius 3 is 2.84 bits per heavy atom. The van der Waals surface area contributed by atoms with Crippen molar-refractivity contribution in [2.75, 3.05) is 6.61 Å². The monoisotopic (exact) mass is 370 g/mol. The number of carbonyl (C=O) groups excluding carboxylic acids is 1. The number of pyridine rings is 1. The molecule has 0 bridgehead atoms. The third-order valence-corrected chi connectivity index (χ3v) is 4.49. The lowest BCUT2D eigenvalue weighted by molar-refractivity contribution is -0.137.